The lowest BCUT2D eigenvalue weighted by Gasteiger charge is -2.04. The molecule has 1 aromatic rings. The number of carbonyl (C=O) groups excluding carboxylic acids is 1. The van der Waals surface area contributed by atoms with Gasteiger partial charge in [0.2, 0.25) is 0 Å². The summed E-state index contributed by atoms with van der Waals surface area (Å²) in [5.74, 6) is 0. The second-order valence-electron chi connectivity index (χ2n) is 2.46. The van der Waals surface area contributed by atoms with E-state index in [-0.39, 0.29) is 0 Å². The number of nitrogens with two attached hydrogens (primary N) is 1. The van der Waals surface area contributed by atoms with Gasteiger partial charge in [0.15, 0.2) is 6.29 Å². The molecule has 3 heteroatoms. The van der Waals surface area contributed by atoms with Crippen LogP contribution in [-0.2, 0) is 0 Å². The highest BCUT2D eigenvalue weighted by atomic mass is 16.1. The largest absolute Gasteiger partial charge is 0.398 e. The molecule has 0 unspecified atom stereocenters. The maximum Gasteiger partial charge on any atom is 0.152 e. The number of carbonyl (C=O) groups is 1. The number of hydrogen-bond acceptors (Lipinski definition) is 2. The van der Waals surface area contributed by atoms with Crippen LogP contribution in [0.2, 0.25) is 0 Å². The first kappa shape index (κ1) is 7.86. The average molecular weight is 145 g/mol. The molecule has 11 heavy (non-hydrogen) atoms. The van der Waals surface area contributed by atoms with E-state index in [1.807, 2.05) is 6.92 Å². The molecule has 0 aromatic heterocycles. The first-order valence-corrected chi connectivity index (χ1v) is 3.26. The molecule has 0 atom stereocenters. The molecule has 0 bridgehead atoms. The zero-order chi connectivity index (χ0) is 8.43. The number of rotatable bonds is 1. The molecule has 0 saturated heterocycles. The standard InChI is InChI=1S/C8H8BNO/c1-5-2-7(9)3-6(4-11)8(5)10/h2-4H,10H2,1H3. The van der Waals surface area contributed by atoms with E-state index in [1.54, 1.807) is 12.1 Å². The fourth-order valence-corrected chi connectivity index (χ4v) is 0.952. The molecule has 0 aliphatic carbocycles. The Bertz CT molecular complexity index is 296. The zero-order valence-electron chi connectivity index (χ0n) is 6.29. The SMILES string of the molecule is [B]c1cc(C)c(N)c(C=O)c1. The van der Waals surface area contributed by atoms with E-state index < -0.39 is 0 Å². The average Bonchev–Trinajstić information content (AvgIpc) is 1.96. The van der Waals surface area contributed by atoms with Gasteiger partial charge in [-0.1, -0.05) is 17.6 Å². The summed E-state index contributed by atoms with van der Waals surface area (Å²) in [5.41, 5.74) is 7.95. The van der Waals surface area contributed by atoms with E-state index in [4.69, 9.17) is 13.6 Å². The summed E-state index contributed by atoms with van der Waals surface area (Å²) in [6.07, 6.45) is 0.707. The lowest BCUT2D eigenvalue weighted by Crippen LogP contribution is -2.07. The van der Waals surface area contributed by atoms with Crippen LogP contribution in [0.3, 0.4) is 0 Å². The second kappa shape index (κ2) is 2.78. The minimum atomic E-state index is 0.461. The summed E-state index contributed by atoms with van der Waals surface area (Å²) in [6, 6.07) is 3.30. The molecule has 0 aliphatic rings. The molecule has 2 N–H and O–H groups in total. The van der Waals surface area contributed by atoms with E-state index in [2.05, 4.69) is 0 Å². The minimum Gasteiger partial charge on any atom is -0.398 e. The lowest BCUT2D eigenvalue weighted by molar-refractivity contribution is 0.112. The predicted molar refractivity (Wildman–Crippen MR) is 46.4 cm³/mol. The molecule has 54 valence electrons. The summed E-state index contributed by atoms with van der Waals surface area (Å²) in [4.78, 5) is 10.4. The number of anilines is 1. The normalized spacial score (nSPS) is 9.55. The number of benzene rings is 1. The van der Waals surface area contributed by atoms with Crippen molar-refractivity contribution < 1.29 is 4.79 Å². The smallest absolute Gasteiger partial charge is 0.152 e. The molecule has 0 fully saturated rings. The van der Waals surface area contributed by atoms with Crippen molar-refractivity contribution in [2.24, 2.45) is 0 Å². The topological polar surface area (TPSA) is 43.1 Å². The van der Waals surface area contributed by atoms with Crippen LogP contribution in [0.15, 0.2) is 12.1 Å². The highest BCUT2D eigenvalue weighted by Gasteiger charge is 2.00. The van der Waals surface area contributed by atoms with Gasteiger partial charge in [0.1, 0.15) is 7.85 Å². The highest BCUT2D eigenvalue weighted by Crippen LogP contribution is 2.12. The summed E-state index contributed by atoms with van der Waals surface area (Å²) in [5, 5.41) is 0. The zero-order valence-corrected chi connectivity index (χ0v) is 6.29. The molecule has 2 radical (unpaired) electrons. The van der Waals surface area contributed by atoms with Crippen molar-refractivity contribution in [2.75, 3.05) is 5.73 Å². The molecule has 2 nitrogen and oxygen atoms in total. The van der Waals surface area contributed by atoms with Crippen LogP contribution in [-0.4, -0.2) is 14.1 Å². The quantitative estimate of drug-likeness (QED) is 0.348. The van der Waals surface area contributed by atoms with E-state index in [0.29, 0.717) is 23.0 Å². The van der Waals surface area contributed by atoms with Gasteiger partial charge in [-0.3, -0.25) is 4.79 Å². The van der Waals surface area contributed by atoms with Crippen molar-refractivity contribution in [1.29, 1.82) is 0 Å². The van der Waals surface area contributed by atoms with E-state index in [1.165, 1.54) is 0 Å². The van der Waals surface area contributed by atoms with Gasteiger partial charge in [0, 0.05) is 11.3 Å². The minimum absolute atomic E-state index is 0.461. The summed E-state index contributed by atoms with van der Waals surface area (Å²) < 4.78 is 0. The molecule has 0 saturated carbocycles. The molecule has 1 rings (SSSR count). The molecule has 0 spiro atoms. The maximum atomic E-state index is 10.4. The van der Waals surface area contributed by atoms with Crippen molar-refractivity contribution in [3.63, 3.8) is 0 Å². The Morgan fingerprint density at radius 1 is 1.55 bits per heavy atom. The first-order chi connectivity index (χ1) is 5.15. The van der Waals surface area contributed by atoms with Crippen LogP contribution < -0.4 is 11.2 Å². The molecule has 1 aromatic carbocycles. The predicted octanol–water partition coefficient (Wildman–Crippen LogP) is 0.184. The number of aldehydes is 1. The molecular weight excluding hydrogens is 137 g/mol. The Kier molecular flexibility index (Phi) is 1.99. The van der Waals surface area contributed by atoms with Crippen LogP contribution >= 0.6 is 0 Å². The van der Waals surface area contributed by atoms with Crippen molar-refractivity contribution in [3.8, 4) is 0 Å². The highest BCUT2D eigenvalue weighted by molar-refractivity contribution is 6.32. The summed E-state index contributed by atoms with van der Waals surface area (Å²) in [7, 11) is 5.49. The van der Waals surface area contributed by atoms with Crippen LogP contribution in [0.5, 0.6) is 0 Å². The Hall–Kier alpha value is -1.25. The van der Waals surface area contributed by atoms with E-state index >= 15 is 0 Å². The van der Waals surface area contributed by atoms with Crippen molar-refractivity contribution in [3.05, 3.63) is 23.3 Å². The molecular formula is C8H8BNO. The van der Waals surface area contributed by atoms with Crippen molar-refractivity contribution in [1.82, 2.24) is 0 Å². The Morgan fingerprint density at radius 3 is 2.73 bits per heavy atom. The van der Waals surface area contributed by atoms with Gasteiger partial charge in [-0.2, -0.15) is 0 Å². The lowest BCUT2D eigenvalue weighted by atomic mass is 9.91. The van der Waals surface area contributed by atoms with Gasteiger partial charge in [-0.05, 0) is 12.5 Å². The van der Waals surface area contributed by atoms with Gasteiger partial charge in [0.25, 0.3) is 0 Å². The number of hydrogen-bond donors (Lipinski definition) is 1. The van der Waals surface area contributed by atoms with Gasteiger partial charge in [0.05, 0.1) is 0 Å². The van der Waals surface area contributed by atoms with Gasteiger partial charge in [-0.25, -0.2) is 0 Å². The fraction of sp³-hybridized carbons (Fsp3) is 0.125. The van der Waals surface area contributed by atoms with Crippen LogP contribution in [0, 0.1) is 6.92 Å². The molecule has 0 heterocycles. The van der Waals surface area contributed by atoms with Crippen LogP contribution in [0.25, 0.3) is 0 Å². The monoisotopic (exact) mass is 145 g/mol. The van der Waals surface area contributed by atoms with Crippen molar-refractivity contribution in [2.45, 2.75) is 6.92 Å². The van der Waals surface area contributed by atoms with Gasteiger partial charge in [-0.15, -0.1) is 0 Å². The van der Waals surface area contributed by atoms with E-state index in [0.717, 1.165) is 5.56 Å². The van der Waals surface area contributed by atoms with Crippen LogP contribution in [0.4, 0.5) is 5.69 Å². The molecule has 0 aliphatic heterocycles. The third-order valence-electron chi connectivity index (χ3n) is 1.57. The van der Waals surface area contributed by atoms with Crippen molar-refractivity contribution >= 4 is 25.3 Å². The Balaban J connectivity index is 3.35. The maximum absolute atomic E-state index is 10.4. The molecule has 0 amide bonds. The van der Waals surface area contributed by atoms with Gasteiger partial charge >= 0.3 is 0 Å². The second-order valence-corrected chi connectivity index (χ2v) is 2.46. The Morgan fingerprint density at radius 2 is 2.18 bits per heavy atom. The number of nitrogen functional groups attached to an aromatic ring is 1. The third-order valence-corrected chi connectivity index (χ3v) is 1.57. The first-order valence-electron chi connectivity index (χ1n) is 3.26. The number of aryl methyl sites for hydroxylation is 1. The summed E-state index contributed by atoms with van der Waals surface area (Å²) >= 11 is 0. The third kappa shape index (κ3) is 1.42. The summed E-state index contributed by atoms with van der Waals surface area (Å²) in [6.45, 7) is 1.82. The Labute approximate surface area is 66.8 Å². The fourth-order valence-electron chi connectivity index (χ4n) is 0.952. The van der Waals surface area contributed by atoms with Gasteiger partial charge < -0.3 is 5.73 Å². The van der Waals surface area contributed by atoms with Crippen LogP contribution in [0.1, 0.15) is 15.9 Å². The van der Waals surface area contributed by atoms with E-state index in [9.17, 15) is 4.79 Å².